The first-order chi connectivity index (χ1) is 40.0. The van der Waals surface area contributed by atoms with Crippen LogP contribution in [-0.2, 0) is 28.6 Å². The van der Waals surface area contributed by atoms with Crippen molar-refractivity contribution in [2.45, 2.75) is 425 Å². The maximum Gasteiger partial charge on any atom is 0.306 e. The van der Waals surface area contributed by atoms with Crippen molar-refractivity contribution < 1.29 is 28.6 Å². The minimum Gasteiger partial charge on any atom is -0.462 e. The van der Waals surface area contributed by atoms with E-state index in [0.29, 0.717) is 19.3 Å². The van der Waals surface area contributed by atoms with Gasteiger partial charge in [-0.2, -0.15) is 0 Å². The van der Waals surface area contributed by atoms with Crippen LogP contribution in [0.4, 0.5) is 0 Å². The van der Waals surface area contributed by atoms with Crippen LogP contribution in [0.1, 0.15) is 419 Å². The van der Waals surface area contributed by atoms with Gasteiger partial charge in [-0.1, -0.05) is 373 Å². The van der Waals surface area contributed by atoms with Crippen LogP contribution in [0, 0.1) is 0 Å². The van der Waals surface area contributed by atoms with Crippen LogP contribution in [0.15, 0.2) is 24.3 Å². The van der Waals surface area contributed by atoms with Gasteiger partial charge in [-0.25, -0.2) is 0 Å². The van der Waals surface area contributed by atoms with Gasteiger partial charge in [0.05, 0.1) is 0 Å². The molecule has 81 heavy (non-hydrogen) atoms. The fourth-order valence-corrected chi connectivity index (χ4v) is 11.4. The highest BCUT2D eigenvalue weighted by molar-refractivity contribution is 5.71. The molecule has 0 saturated carbocycles. The lowest BCUT2D eigenvalue weighted by atomic mass is 10.0. The molecular weight excluding hydrogens is 997 g/mol. The van der Waals surface area contributed by atoms with E-state index in [9.17, 15) is 14.4 Å². The van der Waals surface area contributed by atoms with Crippen LogP contribution in [0.25, 0.3) is 0 Å². The van der Waals surface area contributed by atoms with Gasteiger partial charge in [-0.05, 0) is 51.4 Å². The molecule has 6 heteroatoms. The van der Waals surface area contributed by atoms with Gasteiger partial charge < -0.3 is 14.2 Å². The Balaban J connectivity index is 4.22. The summed E-state index contributed by atoms with van der Waals surface area (Å²) in [6, 6.07) is 0. The maximum absolute atomic E-state index is 13.0. The predicted octanol–water partition coefficient (Wildman–Crippen LogP) is 25.3. The molecule has 0 aliphatic carbocycles. The molecule has 0 radical (unpaired) electrons. The van der Waals surface area contributed by atoms with Crippen LogP contribution >= 0.6 is 0 Å². The number of carbonyl (C=O) groups is 3. The van der Waals surface area contributed by atoms with Crippen LogP contribution in [0.5, 0.6) is 0 Å². The van der Waals surface area contributed by atoms with E-state index in [0.717, 1.165) is 77.0 Å². The smallest absolute Gasteiger partial charge is 0.306 e. The number of esters is 3. The normalized spacial score (nSPS) is 12.1. The third-order valence-corrected chi connectivity index (χ3v) is 17.0. The van der Waals surface area contributed by atoms with E-state index >= 15 is 0 Å². The standard InChI is InChI=1S/C75H142O6/c1-4-7-10-13-16-19-22-25-28-30-32-34-35-36-37-38-39-41-42-44-47-50-53-56-59-62-65-68-74(77)80-71-72(70-79-73(76)67-64-61-58-55-52-49-46-27-24-21-18-15-12-9-6-3)81-75(78)69-66-63-60-57-54-51-48-45-43-40-33-31-29-26-23-20-17-14-11-8-5-2/h18,21,27,46,72H,4-17,19-20,22-26,28-45,47-71H2,1-3H3/b21-18-,46-27-. The lowest BCUT2D eigenvalue weighted by molar-refractivity contribution is -0.167. The fraction of sp³-hybridized carbons (Fsp3) is 0.907. The van der Waals surface area contributed by atoms with Gasteiger partial charge in [-0.3, -0.25) is 14.4 Å². The number of rotatable bonds is 69. The highest BCUT2D eigenvalue weighted by Gasteiger charge is 2.20. The lowest BCUT2D eigenvalue weighted by Gasteiger charge is -2.18. The highest BCUT2D eigenvalue weighted by Crippen LogP contribution is 2.19. The SMILES string of the molecule is CCCCC/C=C\C/C=C\CCCCCCCC(=O)OCC(COC(=O)CCCCCCCCCCCCCCCCCCCCCCCCCCCCC)OC(=O)CCCCCCCCCCCCCCCCCCCCCCC. The Morgan fingerprint density at radius 3 is 0.704 bits per heavy atom. The molecule has 0 rings (SSSR count). The van der Waals surface area contributed by atoms with Gasteiger partial charge in [0.15, 0.2) is 6.10 Å². The highest BCUT2D eigenvalue weighted by atomic mass is 16.6. The molecule has 0 heterocycles. The molecule has 0 N–H and O–H groups in total. The number of ether oxygens (including phenoxy) is 3. The van der Waals surface area contributed by atoms with Crippen molar-refractivity contribution in [2.24, 2.45) is 0 Å². The van der Waals surface area contributed by atoms with Crippen molar-refractivity contribution >= 4 is 17.9 Å². The molecule has 0 amide bonds. The third-order valence-electron chi connectivity index (χ3n) is 17.0. The van der Waals surface area contributed by atoms with E-state index in [1.807, 2.05) is 0 Å². The first-order valence-electron chi connectivity index (χ1n) is 36.8. The quantitative estimate of drug-likeness (QED) is 0.0261. The summed E-state index contributed by atoms with van der Waals surface area (Å²) >= 11 is 0. The minimum atomic E-state index is -0.774. The number of allylic oxidation sites excluding steroid dienone is 4. The molecule has 0 aliphatic heterocycles. The van der Waals surface area contributed by atoms with Crippen molar-refractivity contribution in [1.29, 1.82) is 0 Å². The minimum absolute atomic E-state index is 0.0691. The average Bonchev–Trinajstić information content (AvgIpc) is 3.47. The molecule has 0 aromatic rings. The molecule has 0 spiro atoms. The van der Waals surface area contributed by atoms with Crippen molar-refractivity contribution in [1.82, 2.24) is 0 Å². The van der Waals surface area contributed by atoms with Crippen LogP contribution < -0.4 is 0 Å². The Bertz CT molecular complexity index is 1310. The topological polar surface area (TPSA) is 78.9 Å². The summed E-state index contributed by atoms with van der Waals surface area (Å²) in [6.45, 7) is 6.70. The Hall–Kier alpha value is -2.11. The Morgan fingerprint density at radius 2 is 0.444 bits per heavy atom. The largest absolute Gasteiger partial charge is 0.462 e. The average molecular weight is 1140 g/mol. The van der Waals surface area contributed by atoms with Gasteiger partial charge in [-0.15, -0.1) is 0 Å². The molecule has 1 atom stereocenters. The van der Waals surface area contributed by atoms with Crippen molar-refractivity contribution in [3.05, 3.63) is 24.3 Å². The van der Waals surface area contributed by atoms with E-state index < -0.39 is 6.10 Å². The lowest BCUT2D eigenvalue weighted by Crippen LogP contribution is -2.30. The summed E-state index contributed by atoms with van der Waals surface area (Å²) in [7, 11) is 0. The number of carbonyl (C=O) groups excluding carboxylic acids is 3. The maximum atomic E-state index is 13.0. The van der Waals surface area contributed by atoms with E-state index in [1.54, 1.807) is 0 Å². The van der Waals surface area contributed by atoms with Gasteiger partial charge in [0.2, 0.25) is 0 Å². The van der Waals surface area contributed by atoms with E-state index in [4.69, 9.17) is 14.2 Å². The van der Waals surface area contributed by atoms with Crippen LogP contribution in [0.3, 0.4) is 0 Å². The second kappa shape index (κ2) is 70.4. The monoisotopic (exact) mass is 1140 g/mol. The Morgan fingerprint density at radius 1 is 0.247 bits per heavy atom. The molecule has 6 nitrogen and oxygen atoms in total. The molecular formula is C75H142O6. The zero-order chi connectivity index (χ0) is 58.5. The third kappa shape index (κ3) is 68.6. The molecule has 0 aromatic carbocycles. The summed E-state index contributed by atoms with van der Waals surface area (Å²) in [4.78, 5) is 38.5. The summed E-state index contributed by atoms with van der Waals surface area (Å²) in [5, 5.41) is 0. The summed E-state index contributed by atoms with van der Waals surface area (Å²) in [5.41, 5.74) is 0. The summed E-state index contributed by atoms with van der Waals surface area (Å²) < 4.78 is 17.0. The zero-order valence-electron chi connectivity index (χ0n) is 55.1. The Kier molecular flexibility index (Phi) is 68.5. The molecule has 0 saturated heterocycles. The number of hydrogen-bond donors (Lipinski definition) is 0. The number of hydrogen-bond acceptors (Lipinski definition) is 6. The van der Waals surface area contributed by atoms with E-state index in [-0.39, 0.29) is 31.1 Å². The van der Waals surface area contributed by atoms with Gasteiger partial charge in [0, 0.05) is 19.3 Å². The van der Waals surface area contributed by atoms with Gasteiger partial charge >= 0.3 is 17.9 Å². The Labute approximate surface area is 506 Å². The second-order valence-electron chi connectivity index (χ2n) is 25.2. The second-order valence-corrected chi connectivity index (χ2v) is 25.2. The van der Waals surface area contributed by atoms with E-state index in [2.05, 4.69) is 45.1 Å². The van der Waals surface area contributed by atoms with Crippen molar-refractivity contribution in [3.8, 4) is 0 Å². The molecule has 0 fully saturated rings. The van der Waals surface area contributed by atoms with Gasteiger partial charge in [0.25, 0.3) is 0 Å². The predicted molar refractivity (Wildman–Crippen MR) is 353 cm³/mol. The molecule has 1 unspecified atom stereocenters. The van der Waals surface area contributed by atoms with E-state index in [1.165, 1.54) is 302 Å². The zero-order valence-corrected chi connectivity index (χ0v) is 55.1. The van der Waals surface area contributed by atoms with Gasteiger partial charge in [0.1, 0.15) is 13.2 Å². The fourth-order valence-electron chi connectivity index (χ4n) is 11.4. The van der Waals surface area contributed by atoms with Crippen molar-refractivity contribution in [3.63, 3.8) is 0 Å². The molecule has 0 aliphatic rings. The number of unbranched alkanes of at least 4 members (excludes halogenated alkanes) is 54. The first-order valence-corrected chi connectivity index (χ1v) is 36.8. The van der Waals surface area contributed by atoms with Crippen LogP contribution in [0.2, 0.25) is 0 Å². The summed E-state index contributed by atoms with van der Waals surface area (Å²) in [5.74, 6) is -0.848. The molecule has 0 aromatic heterocycles. The first kappa shape index (κ1) is 78.9. The molecule has 478 valence electrons. The molecule has 0 bridgehead atoms. The summed E-state index contributed by atoms with van der Waals surface area (Å²) in [6.07, 6.45) is 86.5. The van der Waals surface area contributed by atoms with Crippen LogP contribution in [-0.4, -0.2) is 37.2 Å². The van der Waals surface area contributed by atoms with Crippen molar-refractivity contribution in [2.75, 3.05) is 13.2 Å².